The minimum Gasteiger partial charge on any atom is -0.594 e. The van der Waals surface area contributed by atoms with Crippen molar-refractivity contribution in [3.8, 4) is 0 Å². The van der Waals surface area contributed by atoms with Crippen LogP contribution in [0.25, 0.3) is 0 Å². The zero-order valence-corrected chi connectivity index (χ0v) is 17.3. The Balaban J connectivity index is 2.48. The van der Waals surface area contributed by atoms with Crippen LogP contribution in [0.5, 0.6) is 0 Å². The Morgan fingerprint density at radius 1 is 1.33 bits per heavy atom. The smallest absolute Gasteiger partial charge is 0.237 e. The number of nitrogens with one attached hydrogen (secondary N) is 2. The zero-order valence-electron chi connectivity index (χ0n) is 16.5. The topological polar surface area (TPSA) is 124 Å². The third-order valence-electron chi connectivity index (χ3n) is 4.85. The fourth-order valence-electron chi connectivity index (χ4n) is 2.70. The molecule has 1 aromatic heterocycles. The van der Waals surface area contributed by atoms with E-state index in [0.29, 0.717) is 31.2 Å². The van der Waals surface area contributed by atoms with Gasteiger partial charge in [0.25, 0.3) is 0 Å². The van der Waals surface area contributed by atoms with Gasteiger partial charge in [-0.3, -0.25) is 0 Å². The van der Waals surface area contributed by atoms with E-state index in [-0.39, 0.29) is 12.2 Å². The van der Waals surface area contributed by atoms with Crippen molar-refractivity contribution in [1.29, 1.82) is 0 Å². The molecule has 0 aliphatic heterocycles. The Bertz CT molecular complexity index is 607. The summed E-state index contributed by atoms with van der Waals surface area (Å²) in [5.41, 5.74) is 0.675. The minimum absolute atomic E-state index is 0.0836. The average Bonchev–Trinajstić information content (AvgIpc) is 3.00. The number of aliphatic hydroxyl groups is 3. The summed E-state index contributed by atoms with van der Waals surface area (Å²) in [4.78, 5) is 1.81. The fourth-order valence-corrected chi connectivity index (χ4v) is 2.89. The lowest BCUT2D eigenvalue weighted by Crippen LogP contribution is -2.99. The van der Waals surface area contributed by atoms with Crippen molar-refractivity contribution in [3.63, 3.8) is 0 Å². The largest absolute Gasteiger partial charge is 0.594 e. The van der Waals surface area contributed by atoms with E-state index in [0.717, 1.165) is 5.57 Å². The Labute approximate surface area is 165 Å². The molecular weight excluding hydrogens is 372 g/mol. The molecule has 0 aliphatic carbocycles. The highest BCUT2D eigenvalue weighted by Gasteiger charge is 2.30. The number of halogens is 1. The van der Waals surface area contributed by atoms with Gasteiger partial charge >= 0.3 is 0 Å². The summed E-state index contributed by atoms with van der Waals surface area (Å²) in [5.74, 6) is 0.0836. The maximum Gasteiger partial charge on any atom is 0.237 e. The second-order valence-corrected chi connectivity index (χ2v) is 8.89. The first kappa shape index (κ1) is 24.1. The predicted octanol–water partition coefficient (Wildman–Crippen LogP) is 1.96. The Morgan fingerprint density at radius 3 is 2.48 bits per heavy atom. The van der Waals surface area contributed by atoms with Crippen LogP contribution in [0.2, 0.25) is 0 Å². The number of aliphatic hydroxyl groups excluding tert-OH is 2. The van der Waals surface area contributed by atoms with Gasteiger partial charge in [-0.1, -0.05) is 11.6 Å². The van der Waals surface area contributed by atoms with E-state index in [2.05, 4.69) is 4.98 Å². The fraction of sp³-hybridized carbons (Fsp3) is 0.684. The SMILES string of the molecule is CC(=CCCC(C)(Cl)C(O)Cc1c[nH]c([NH+]([O-])O)c1)CCC(O)C(C)(C)O. The number of hydrogen-bond acceptors (Lipinski definition) is 5. The first-order valence-electron chi connectivity index (χ1n) is 9.16. The second kappa shape index (κ2) is 10.0. The summed E-state index contributed by atoms with van der Waals surface area (Å²) in [6, 6.07) is 1.50. The lowest BCUT2D eigenvalue weighted by molar-refractivity contribution is -0.993. The van der Waals surface area contributed by atoms with Crippen LogP contribution in [0, 0.1) is 5.21 Å². The Kier molecular flexibility index (Phi) is 8.95. The van der Waals surface area contributed by atoms with E-state index in [1.165, 1.54) is 6.07 Å². The molecule has 27 heavy (non-hydrogen) atoms. The molecular formula is C19H33ClN2O5. The Morgan fingerprint density at radius 2 is 1.96 bits per heavy atom. The first-order chi connectivity index (χ1) is 12.3. The van der Waals surface area contributed by atoms with Crippen molar-refractivity contribution >= 4 is 17.4 Å². The molecule has 4 atom stereocenters. The highest BCUT2D eigenvalue weighted by atomic mass is 35.5. The first-order valence-corrected chi connectivity index (χ1v) is 9.54. The number of alkyl halides is 1. The van der Waals surface area contributed by atoms with Gasteiger partial charge in [-0.05, 0) is 58.9 Å². The van der Waals surface area contributed by atoms with Gasteiger partial charge in [0.15, 0.2) is 0 Å². The summed E-state index contributed by atoms with van der Waals surface area (Å²) < 4.78 is 0. The molecule has 4 unspecified atom stereocenters. The van der Waals surface area contributed by atoms with Crippen LogP contribution in [-0.4, -0.2) is 48.2 Å². The van der Waals surface area contributed by atoms with Crippen molar-refractivity contribution < 1.29 is 25.8 Å². The molecule has 1 heterocycles. The van der Waals surface area contributed by atoms with Gasteiger partial charge in [0.1, 0.15) is 0 Å². The molecule has 0 aliphatic rings. The van der Waals surface area contributed by atoms with E-state index in [1.54, 1.807) is 27.0 Å². The van der Waals surface area contributed by atoms with Crippen molar-refractivity contribution in [3.05, 3.63) is 34.7 Å². The summed E-state index contributed by atoms with van der Waals surface area (Å²) in [6.45, 7) is 6.90. The molecule has 0 bridgehead atoms. The molecule has 0 radical (unpaired) electrons. The van der Waals surface area contributed by atoms with Crippen molar-refractivity contribution in [2.24, 2.45) is 0 Å². The molecule has 6 N–H and O–H groups in total. The van der Waals surface area contributed by atoms with Crippen molar-refractivity contribution in [2.45, 2.75) is 82.5 Å². The van der Waals surface area contributed by atoms with E-state index in [1.807, 2.05) is 13.0 Å². The zero-order chi connectivity index (χ0) is 20.8. The van der Waals surface area contributed by atoms with Gasteiger partial charge in [-0.2, -0.15) is 5.23 Å². The third kappa shape index (κ3) is 8.31. The maximum absolute atomic E-state index is 10.9. The number of H-pyrrole nitrogens is 1. The lowest BCUT2D eigenvalue weighted by Gasteiger charge is -2.27. The normalized spacial score (nSPS) is 18.8. The van der Waals surface area contributed by atoms with Crippen LogP contribution in [-0.2, 0) is 6.42 Å². The van der Waals surface area contributed by atoms with Gasteiger partial charge in [0.2, 0.25) is 5.82 Å². The molecule has 0 saturated heterocycles. The summed E-state index contributed by atoms with van der Waals surface area (Å²) in [6.07, 6.45) is 4.65. The average molecular weight is 405 g/mol. The monoisotopic (exact) mass is 404 g/mol. The maximum atomic E-state index is 10.9. The molecule has 0 amide bonds. The number of rotatable bonds is 11. The molecule has 7 nitrogen and oxygen atoms in total. The van der Waals surface area contributed by atoms with Gasteiger partial charge in [0.05, 0.1) is 22.7 Å². The third-order valence-corrected chi connectivity index (χ3v) is 5.29. The van der Waals surface area contributed by atoms with Crippen LogP contribution in [0.15, 0.2) is 23.9 Å². The second-order valence-electron chi connectivity index (χ2n) is 8.02. The minimum atomic E-state index is -1.11. The number of aromatic nitrogens is 1. The van der Waals surface area contributed by atoms with Crippen molar-refractivity contribution in [1.82, 2.24) is 4.98 Å². The quantitative estimate of drug-likeness (QED) is 0.191. The van der Waals surface area contributed by atoms with Gasteiger partial charge in [-0.15, -0.1) is 11.6 Å². The standard InChI is InChI=1S/C19H33ClN2O5/c1-13(7-8-15(23)18(2,3)25)6-5-9-19(4,20)16(24)10-14-11-17(21-12-14)22(26)27/h6,11-12,15-16,21-26H,5,7-10H2,1-4H3. The van der Waals surface area contributed by atoms with Gasteiger partial charge in [0, 0.05) is 18.7 Å². The van der Waals surface area contributed by atoms with Crippen LogP contribution in [0.3, 0.4) is 0 Å². The molecule has 0 spiro atoms. The highest BCUT2D eigenvalue weighted by Crippen LogP contribution is 2.29. The number of hydrogen-bond donors (Lipinski definition) is 6. The van der Waals surface area contributed by atoms with E-state index in [4.69, 9.17) is 16.8 Å². The van der Waals surface area contributed by atoms with Crippen molar-refractivity contribution in [2.75, 3.05) is 0 Å². The Hall–Kier alpha value is -0.930. The molecule has 0 saturated carbocycles. The van der Waals surface area contributed by atoms with Crippen LogP contribution < -0.4 is 5.23 Å². The lowest BCUT2D eigenvalue weighted by atomic mass is 9.92. The predicted molar refractivity (Wildman–Crippen MR) is 105 cm³/mol. The molecule has 156 valence electrons. The molecule has 0 aromatic carbocycles. The van der Waals surface area contributed by atoms with Crippen LogP contribution >= 0.6 is 11.6 Å². The van der Waals surface area contributed by atoms with E-state index < -0.39 is 27.9 Å². The molecule has 1 aromatic rings. The summed E-state index contributed by atoms with van der Waals surface area (Å²) >= 11 is 6.50. The molecule has 8 heteroatoms. The summed E-state index contributed by atoms with van der Waals surface area (Å²) in [7, 11) is 0. The van der Waals surface area contributed by atoms with Gasteiger partial charge in [-0.25, -0.2) is 5.21 Å². The number of allylic oxidation sites excluding steroid dienone is 2. The highest BCUT2D eigenvalue weighted by molar-refractivity contribution is 6.24. The van der Waals surface area contributed by atoms with Gasteiger partial charge < -0.3 is 25.5 Å². The van der Waals surface area contributed by atoms with E-state index >= 15 is 0 Å². The van der Waals surface area contributed by atoms with Crippen LogP contribution in [0.4, 0.5) is 5.82 Å². The van der Waals surface area contributed by atoms with E-state index in [9.17, 15) is 20.5 Å². The summed E-state index contributed by atoms with van der Waals surface area (Å²) in [5, 5.41) is 48.8. The molecule has 1 rings (SSSR count). The van der Waals surface area contributed by atoms with Crippen LogP contribution in [0.1, 0.15) is 58.9 Å². The molecule has 0 fully saturated rings. The number of aromatic amines is 1. The number of quaternary nitrogens is 1.